The molecule has 3 rings (SSSR count). The van der Waals surface area contributed by atoms with E-state index in [-0.39, 0.29) is 12.8 Å². The van der Waals surface area contributed by atoms with Crippen LogP contribution in [0.4, 0.5) is 13.2 Å². The first-order chi connectivity index (χ1) is 17.1. The maximum Gasteiger partial charge on any atom is 0.416 e. The third-order valence-electron chi connectivity index (χ3n) is 7.24. The molecule has 202 valence electrons. The molecule has 5 nitrogen and oxygen atoms in total. The number of benzene rings is 2. The predicted molar refractivity (Wildman–Crippen MR) is 136 cm³/mol. The van der Waals surface area contributed by atoms with E-state index in [1.54, 1.807) is 55.5 Å². The van der Waals surface area contributed by atoms with Crippen LogP contribution in [-0.2, 0) is 9.59 Å². The first kappa shape index (κ1) is 29.3. The van der Waals surface area contributed by atoms with Gasteiger partial charge < -0.3 is 15.1 Å². The van der Waals surface area contributed by atoms with Crippen molar-refractivity contribution in [3.05, 3.63) is 69.7 Å². The van der Waals surface area contributed by atoms with Gasteiger partial charge in [0.05, 0.1) is 17.9 Å². The number of piperidine rings is 1. The van der Waals surface area contributed by atoms with Crippen LogP contribution in [-0.4, -0.2) is 44.8 Å². The summed E-state index contributed by atoms with van der Waals surface area (Å²) in [6, 6.07) is 11.8. The number of carboxylic acid groups (broad SMARTS) is 1. The Morgan fingerprint density at radius 2 is 1.76 bits per heavy atom. The quantitative estimate of drug-likeness (QED) is 0.364. The third kappa shape index (κ3) is 6.24. The van der Waals surface area contributed by atoms with Crippen LogP contribution < -0.4 is 0 Å². The van der Waals surface area contributed by atoms with Crippen LogP contribution in [0.1, 0.15) is 69.5 Å². The van der Waals surface area contributed by atoms with E-state index in [1.807, 2.05) is 0 Å². The molecule has 2 aromatic carbocycles. The SMILES string of the molecule is CC[C@@H](CC(C)(O)C(F)(F)F)N1C(=O)[C@](C)(CC(=O)O)C[C@H](c2cccc(Cl)c2)[C@H]1c1ccc(Cl)cc1. The molecule has 37 heavy (non-hydrogen) atoms. The fourth-order valence-electron chi connectivity index (χ4n) is 5.29. The molecule has 10 heteroatoms. The number of nitrogens with zero attached hydrogens (tertiary/aromatic N) is 1. The second kappa shape index (κ2) is 10.8. The van der Waals surface area contributed by atoms with Gasteiger partial charge in [-0.1, -0.05) is 61.3 Å². The second-order valence-electron chi connectivity index (χ2n) is 10.2. The van der Waals surface area contributed by atoms with Gasteiger partial charge in [0.15, 0.2) is 5.60 Å². The summed E-state index contributed by atoms with van der Waals surface area (Å²) in [5.74, 6) is -2.26. The van der Waals surface area contributed by atoms with Gasteiger partial charge in [-0.3, -0.25) is 9.59 Å². The predicted octanol–water partition coefficient (Wildman–Crippen LogP) is 7.01. The normalized spacial score (nSPS) is 25.0. The highest BCUT2D eigenvalue weighted by Gasteiger charge is 2.56. The molecule has 0 spiro atoms. The van der Waals surface area contributed by atoms with Crippen molar-refractivity contribution in [3.63, 3.8) is 0 Å². The summed E-state index contributed by atoms with van der Waals surface area (Å²) in [6.45, 7) is 3.85. The third-order valence-corrected chi connectivity index (χ3v) is 7.73. The van der Waals surface area contributed by atoms with Gasteiger partial charge in [0.1, 0.15) is 0 Å². The highest BCUT2D eigenvalue weighted by molar-refractivity contribution is 6.30. The number of amides is 1. The number of rotatable bonds is 8. The van der Waals surface area contributed by atoms with E-state index in [0.717, 1.165) is 5.56 Å². The lowest BCUT2D eigenvalue weighted by Gasteiger charge is -2.52. The summed E-state index contributed by atoms with van der Waals surface area (Å²) in [5.41, 5.74) is -3.12. The van der Waals surface area contributed by atoms with Crippen LogP contribution in [0.2, 0.25) is 10.0 Å². The van der Waals surface area contributed by atoms with E-state index >= 15 is 0 Å². The molecule has 0 saturated carbocycles. The molecule has 1 fully saturated rings. The van der Waals surface area contributed by atoms with Gasteiger partial charge in [-0.25, -0.2) is 0 Å². The number of aliphatic hydroxyl groups is 1. The molecule has 0 bridgehead atoms. The maximum absolute atomic E-state index is 14.1. The molecule has 1 saturated heterocycles. The fraction of sp³-hybridized carbons (Fsp3) is 0.481. The molecule has 2 N–H and O–H groups in total. The molecule has 1 amide bonds. The summed E-state index contributed by atoms with van der Waals surface area (Å²) in [7, 11) is 0. The number of hydrogen-bond acceptors (Lipinski definition) is 3. The molecule has 2 aromatic rings. The van der Waals surface area contributed by atoms with E-state index in [4.69, 9.17) is 23.2 Å². The highest BCUT2D eigenvalue weighted by atomic mass is 35.5. The number of alkyl halides is 3. The fourth-order valence-corrected chi connectivity index (χ4v) is 5.62. The minimum Gasteiger partial charge on any atom is -0.481 e. The Hall–Kier alpha value is -2.29. The number of likely N-dealkylation sites (tertiary alicyclic amines) is 1. The average Bonchev–Trinajstić information content (AvgIpc) is 2.78. The topological polar surface area (TPSA) is 77.8 Å². The second-order valence-corrected chi connectivity index (χ2v) is 11.1. The number of carbonyl (C=O) groups excluding carboxylic acids is 1. The largest absolute Gasteiger partial charge is 0.481 e. The summed E-state index contributed by atoms with van der Waals surface area (Å²) in [6.07, 6.45) is -5.96. The Kier molecular flexibility index (Phi) is 8.57. The van der Waals surface area contributed by atoms with Crippen LogP contribution in [0, 0.1) is 5.41 Å². The minimum absolute atomic E-state index is 0.105. The van der Waals surface area contributed by atoms with Crippen LogP contribution >= 0.6 is 23.2 Å². The minimum atomic E-state index is -4.92. The molecule has 1 aliphatic rings. The maximum atomic E-state index is 14.1. The van der Waals surface area contributed by atoms with E-state index in [0.29, 0.717) is 22.5 Å². The molecule has 5 atom stereocenters. The van der Waals surface area contributed by atoms with Crippen LogP contribution in [0.15, 0.2) is 48.5 Å². The van der Waals surface area contributed by atoms with E-state index in [1.165, 1.54) is 11.8 Å². The number of halogens is 5. The molecule has 1 unspecified atom stereocenters. The van der Waals surface area contributed by atoms with Gasteiger partial charge in [0.25, 0.3) is 0 Å². The van der Waals surface area contributed by atoms with Crippen molar-refractivity contribution >= 4 is 35.1 Å². The van der Waals surface area contributed by atoms with E-state index in [2.05, 4.69) is 0 Å². The lowest BCUT2D eigenvalue weighted by Crippen LogP contribution is -2.58. The van der Waals surface area contributed by atoms with Crippen LogP contribution in [0.25, 0.3) is 0 Å². The van der Waals surface area contributed by atoms with Gasteiger partial charge in [-0.15, -0.1) is 0 Å². The molecule has 1 heterocycles. The summed E-state index contributed by atoms with van der Waals surface area (Å²) in [4.78, 5) is 27.2. The first-order valence-electron chi connectivity index (χ1n) is 11.9. The highest BCUT2D eigenvalue weighted by Crippen LogP contribution is 2.53. The van der Waals surface area contributed by atoms with Gasteiger partial charge in [-0.05, 0) is 55.2 Å². The molecule has 0 aromatic heterocycles. The average molecular weight is 560 g/mol. The number of carbonyl (C=O) groups is 2. The first-order valence-corrected chi connectivity index (χ1v) is 12.7. The number of carboxylic acids is 1. The van der Waals surface area contributed by atoms with Gasteiger partial charge in [-0.2, -0.15) is 13.2 Å². The monoisotopic (exact) mass is 559 g/mol. The van der Waals surface area contributed by atoms with E-state index in [9.17, 15) is 33.0 Å². The molecule has 1 aliphatic heterocycles. The number of aliphatic carboxylic acids is 1. The smallest absolute Gasteiger partial charge is 0.416 e. The standard InChI is InChI=1S/C27H30Cl2F3NO4/c1-4-20(13-26(3,37)27(30,31)32)33-23(16-8-10-18(28)11-9-16)21(17-6-5-7-19(29)12-17)14-25(2,24(33)36)15-22(34)35/h5-12,20-21,23,37H,4,13-15H2,1-3H3,(H,34,35)/t20-,21+,23+,25-,26?/m0/s1. The van der Waals surface area contributed by atoms with Crippen molar-refractivity contribution in [3.8, 4) is 0 Å². The molecule has 0 radical (unpaired) electrons. The summed E-state index contributed by atoms with van der Waals surface area (Å²) >= 11 is 12.4. The zero-order valence-electron chi connectivity index (χ0n) is 20.7. The van der Waals surface area contributed by atoms with Crippen molar-refractivity contribution in [2.24, 2.45) is 5.41 Å². The van der Waals surface area contributed by atoms with Crippen molar-refractivity contribution < 1.29 is 33.0 Å². The van der Waals surface area contributed by atoms with Crippen molar-refractivity contribution in [2.75, 3.05) is 0 Å². The lowest BCUT2D eigenvalue weighted by molar-refractivity contribution is -0.259. The molecular weight excluding hydrogens is 530 g/mol. The number of hydrogen-bond donors (Lipinski definition) is 2. The van der Waals surface area contributed by atoms with Crippen molar-refractivity contribution in [2.45, 2.75) is 76.2 Å². The summed E-state index contributed by atoms with van der Waals surface area (Å²) < 4.78 is 41.1. The Bertz CT molecular complexity index is 1140. The Labute approximate surface area is 224 Å². The lowest BCUT2D eigenvalue weighted by atomic mass is 9.66. The van der Waals surface area contributed by atoms with Gasteiger partial charge in [0.2, 0.25) is 5.91 Å². The van der Waals surface area contributed by atoms with Crippen LogP contribution in [0.5, 0.6) is 0 Å². The zero-order valence-corrected chi connectivity index (χ0v) is 22.2. The Morgan fingerprint density at radius 3 is 2.27 bits per heavy atom. The molecule has 0 aliphatic carbocycles. The van der Waals surface area contributed by atoms with Gasteiger partial charge in [0, 0.05) is 28.4 Å². The Balaban J connectivity index is 2.25. The molecular formula is C27H30Cl2F3NO4. The van der Waals surface area contributed by atoms with Crippen LogP contribution in [0.3, 0.4) is 0 Å². The zero-order chi connectivity index (χ0) is 27.8. The van der Waals surface area contributed by atoms with E-state index < -0.39 is 59.9 Å². The Morgan fingerprint density at radius 1 is 1.14 bits per heavy atom. The van der Waals surface area contributed by atoms with Crippen molar-refractivity contribution in [1.29, 1.82) is 0 Å². The van der Waals surface area contributed by atoms with Gasteiger partial charge >= 0.3 is 12.1 Å². The van der Waals surface area contributed by atoms with Crippen molar-refractivity contribution in [1.82, 2.24) is 4.90 Å². The summed E-state index contributed by atoms with van der Waals surface area (Å²) in [5, 5.41) is 20.9.